The van der Waals surface area contributed by atoms with Crippen molar-refractivity contribution in [3.05, 3.63) is 10.6 Å². The fourth-order valence-corrected chi connectivity index (χ4v) is 3.55. The van der Waals surface area contributed by atoms with E-state index in [1.807, 2.05) is 11.3 Å². The number of aromatic nitrogens is 1. The second-order valence-corrected chi connectivity index (χ2v) is 6.92. The Morgan fingerprint density at radius 1 is 1.50 bits per heavy atom. The molecular formula is C15H27N3OS. The molecule has 0 bridgehead atoms. The van der Waals surface area contributed by atoms with Gasteiger partial charge in [0.25, 0.3) is 0 Å². The third-order valence-corrected chi connectivity index (χ3v) is 4.86. The van der Waals surface area contributed by atoms with E-state index in [-0.39, 0.29) is 0 Å². The highest BCUT2D eigenvalue weighted by Gasteiger charge is 2.24. The van der Waals surface area contributed by atoms with Crippen molar-refractivity contribution in [2.75, 3.05) is 31.2 Å². The van der Waals surface area contributed by atoms with Gasteiger partial charge in [-0.25, -0.2) is 4.98 Å². The summed E-state index contributed by atoms with van der Waals surface area (Å²) in [5.41, 5.74) is 1.17. The Balaban J connectivity index is 2.01. The molecule has 1 unspecified atom stereocenters. The van der Waals surface area contributed by atoms with Crippen molar-refractivity contribution in [2.45, 2.75) is 46.7 Å². The second-order valence-electron chi connectivity index (χ2n) is 5.86. The van der Waals surface area contributed by atoms with Crippen LogP contribution in [0.1, 0.15) is 37.8 Å². The van der Waals surface area contributed by atoms with Gasteiger partial charge in [0.2, 0.25) is 0 Å². The average Bonchev–Trinajstić information content (AvgIpc) is 2.80. The van der Waals surface area contributed by atoms with Crippen LogP contribution in [0.3, 0.4) is 0 Å². The molecule has 4 nitrogen and oxygen atoms in total. The zero-order valence-corrected chi connectivity index (χ0v) is 13.9. The lowest BCUT2D eigenvalue weighted by atomic mass is 10.2. The number of anilines is 1. The second kappa shape index (κ2) is 7.38. The Morgan fingerprint density at radius 2 is 2.30 bits per heavy atom. The molecule has 0 amide bonds. The number of rotatable bonds is 6. The van der Waals surface area contributed by atoms with E-state index in [4.69, 9.17) is 9.72 Å². The van der Waals surface area contributed by atoms with Crippen LogP contribution in [0, 0.1) is 12.8 Å². The van der Waals surface area contributed by atoms with Gasteiger partial charge in [-0.2, -0.15) is 0 Å². The first-order valence-electron chi connectivity index (χ1n) is 7.63. The number of hydrogen-bond acceptors (Lipinski definition) is 5. The van der Waals surface area contributed by atoms with Gasteiger partial charge in [-0.05, 0) is 25.8 Å². The molecule has 1 aromatic heterocycles. The Morgan fingerprint density at radius 3 is 3.00 bits per heavy atom. The molecule has 0 radical (unpaired) electrons. The van der Waals surface area contributed by atoms with E-state index in [0.29, 0.717) is 12.0 Å². The lowest BCUT2D eigenvalue weighted by molar-refractivity contribution is 0.0929. The van der Waals surface area contributed by atoms with Gasteiger partial charge in [-0.1, -0.05) is 20.8 Å². The molecule has 0 saturated carbocycles. The van der Waals surface area contributed by atoms with E-state index in [1.54, 1.807) is 0 Å². The highest BCUT2D eigenvalue weighted by atomic mass is 32.1. The van der Waals surface area contributed by atoms with Crippen LogP contribution >= 0.6 is 11.3 Å². The zero-order chi connectivity index (χ0) is 14.5. The Labute approximate surface area is 126 Å². The molecule has 1 aliphatic heterocycles. The van der Waals surface area contributed by atoms with Crippen LogP contribution < -0.4 is 10.2 Å². The first kappa shape index (κ1) is 15.7. The third kappa shape index (κ3) is 3.93. The molecule has 2 rings (SSSR count). The number of nitrogens with one attached hydrogen (secondary N) is 1. The third-order valence-electron chi connectivity index (χ3n) is 3.66. The summed E-state index contributed by atoms with van der Waals surface area (Å²) in [7, 11) is 0. The standard InChI is InChI=1S/C15H27N3OS/c1-5-13-10-19-7-6-18(13)15-17-12(4)14(20-15)9-16-8-11(2)3/h11,13,16H,5-10H2,1-4H3. The van der Waals surface area contributed by atoms with Gasteiger partial charge in [0.15, 0.2) is 5.13 Å². The Kier molecular flexibility index (Phi) is 5.81. The monoisotopic (exact) mass is 297 g/mol. The summed E-state index contributed by atoms with van der Waals surface area (Å²) >= 11 is 1.83. The van der Waals surface area contributed by atoms with Crippen molar-refractivity contribution >= 4 is 16.5 Å². The highest BCUT2D eigenvalue weighted by Crippen LogP contribution is 2.29. The minimum Gasteiger partial charge on any atom is -0.377 e. The summed E-state index contributed by atoms with van der Waals surface area (Å²) in [4.78, 5) is 8.57. The summed E-state index contributed by atoms with van der Waals surface area (Å²) < 4.78 is 5.58. The molecule has 1 fully saturated rings. The molecule has 0 aliphatic carbocycles. The lowest BCUT2D eigenvalue weighted by Gasteiger charge is -2.34. The number of aryl methyl sites for hydroxylation is 1. The van der Waals surface area contributed by atoms with Crippen molar-refractivity contribution in [3.8, 4) is 0 Å². The van der Waals surface area contributed by atoms with Crippen LogP contribution in [0.15, 0.2) is 0 Å². The molecule has 2 heterocycles. The van der Waals surface area contributed by atoms with Crippen molar-refractivity contribution in [3.63, 3.8) is 0 Å². The molecule has 5 heteroatoms. The minimum atomic E-state index is 0.478. The first-order chi connectivity index (χ1) is 9.61. The fourth-order valence-electron chi connectivity index (χ4n) is 2.42. The van der Waals surface area contributed by atoms with E-state index in [9.17, 15) is 0 Å². The van der Waals surface area contributed by atoms with Gasteiger partial charge in [0.05, 0.1) is 24.9 Å². The van der Waals surface area contributed by atoms with Gasteiger partial charge in [0.1, 0.15) is 0 Å². The molecule has 114 valence electrons. The quantitative estimate of drug-likeness (QED) is 0.876. The summed E-state index contributed by atoms with van der Waals surface area (Å²) in [5.74, 6) is 0.686. The Bertz CT molecular complexity index is 419. The number of ether oxygens (including phenoxy) is 1. The number of morpholine rings is 1. The van der Waals surface area contributed by atoms with Crippen LogP contribution in [-0.2, 0) is 11.3 Å². The molecule has 1 aromatic rings. The van der Waals surface area contributed by atoms with Crippen molar-refractivity contribution < 1.29 is 4.74 Å². The zero-order valence-electron chi connectivity index (χ0n) is 13.1. The maximum Gasteiger partial charge on any atom is 0.186 e. The van der Waals surface area contributed by atoms with Crippen LogP contribution in [-0.4, -0.2) is 37.3 Å². The smallest absolute Gasteiger partial charge is 0.186 e. The maximum absolute atomic E-state index is 5.58. The Hall–Kier alpha value is -0.650. The van der Waals surface area contributed by atoms with E-state index in [1.165, 1.54) is 15.7 Å². The van der Waals surface area contributed by atoms with Crippen molar-refractivity contribution in [1.29, 1.82) is 0 Å². The average molecular weight is 297 g/mol. The van der Waals surface area contributed by atoms with E-state index in [0.717, 1.165) is 39.3 Å². The lowest BCUT2D eigenvalue weighted by Crippen LogP contribution is -2.45. The number of nitrogens with zero attached hydrogens (tertiary/aromatic N) is 2. The van der Waals surface area contributed by atoms with Gasteiger partial charge in [-0.3, -0.25) is 0 Å². The number of hydrogen-bond donors (Lipinski definition) is 1. The minimum absolute atomic E-state index is 0.478. The molecule has 1 aliphatic rings. The first-order valence-corrected chi connectivity index (χ1v) is 8.44. The van der Waals surface area contributed by atoms with Crippen LogP contribution in [0.25, 0.3) is 0 Å². The predicted molar refractivity (Wildman–Crippen MR) is 85.6 cm³/mol. The SMILES string of the molecule is CCC1COCCN1c1nc(C)c(CNCC(C)C)s1. The van der Waals surface area contributed by atoms with Gasteiger partial charge in [0, 0.05) is 18.0 Å². The summed E-state index contributed by atoms with van der Waals surface area (Å²) in [5, 5.41) is 4.68. The van der Waals surface area contributed by atoms with Crippen molar-refractivity contribution in [2.24, 2.45) is 5.92 Å². The van der Waals surface area contributed by atoms with Crippen LogP contribution in [0.4, 0.5) is 5.13 Å². The summed E-state index contributed by atoms with van der Waals surface area (Å²) in [6, 6.07) is 0.478. The molecule has 1 atom stereocenters. The number of thiazole rings is 1. The van der Waals surface area contributed by atoms with Crippen LogP contribution in [0.2, 0.25) is 0 Å². The normalized spacial score (nSPS) is 19.9. The van der Waals surface area contributed by atoms with Crippen molar-refractivity contribution in [1.82, 2.24) is 10.3 Å². The van der Waals surface area contributed by atoms with Crippen LogP contribution in [0.5, 0.6) is 0 Å². The molecule has 0 spiro atoms. The predicted octanol–water partition coefficient (Wildman–Crippen LogP) is 2.81. The molecule has 1 saturated heterocycles. The molecule has 0 aromatic carbocycles. The molecular weight excluding hydrogens is 270 g/mol. The fraction of sp³-hybridized carbons (Fsp3) is 0.800. The van der Waals surface area contributed by atoms with Gasteiger partial charge in [-0.15, -0.1) is 11.3 Å². The van der Waals surface area contributed by atoms with E-state index >= 15 is 0 Å². The highest BCUT2D eigenvalue weighted by molar-refractivity contribution is 7.15. The maximum atomic E-state index is 5.58. The summed E-state index contributed by atoms with van der Waals surface area (Å²) in [6.45, 7) is 13.4. The topological polar surface area (TPSA) is 37.4 Å². The van der Waals surface area contributed by atoms with E-state index < -0.39 is 0 Å². The largest absolute Gasteiger partial charge is 0.377 e. The molecule has 1 N–H and O–H groups in total. The van der Waals surface area contributed by atoms with Gasteiger partial charge < -0.3 is 15.0 Å². The van der Waals surface area contributed by atoms with Gasteiger partial charge >= 0.3 is 0 Å². The van der Waals surface area contributed by atoms with E-state index in [2.05, 4.69) is 37.9 Å². The summed E-state index contributed by atoms with van der Waals surface area (Å²) in [6.07, 6.45) is 1.11. The molecule has 20 heavy (non-hydrogen) atoms.